The number of carbonyl (C=O) groups excluding carboxylic acids is 6. The quantitative estimate of drug-likeness (QED) is 0.155. The summed E-state index contributed by atoms with van der Waals surface area (Å²) >= 11 is 0. The second kappa shape index (κ2) is 16.3. The lowest BCUT2D eigenvalue weighted by Gasteiger charge is -2.24. The summed E-state index contributed by atoms with van der Waals surface area (Å²) in [6.45, 7) is 9.34. The molecule has 0 aromatic heterocycles. The van der Waals surface area contributed by atoms with Gasteiger partial charge in [-0.15, -0.1) is 0 Å². The number of esters is 1. The lowest BCUT2D eigenvalue weighted by molar-refractivity contribution is -0.149. The van der Waals surface area contributed by atoms with E-state index in [0.29, 0.717) is 37.9 Å². The summed E-state index contributed by atoms with van der Waals surface area (Å²) in [6, 6.07) is 5.19. The van der Waals surface area contributed by atoms with Crippen molar-refractivity contribution in [3.05, 3.63) is 42.0 Å². The summed E-state index contributed by atoms with van der Waals surface area (Å²) in [5.74, 6) is -2.46. The minimum Gasteiger partial charge on any atom is -0.461 e. The molecule has 1 unspecified atom stereocenters. The number of benzene rings is 1. The molecule has 11 heteroatoms. The molecule has 41 heavy (non-hydrogen) atoms. The van der Waals surface area contributed by atoms with Crippen LogP contribution in [0, 0.1) is 11.8 Å². The van der Waals surface area contributed by atoms with Gasteiger partial charge in [0, 0.05) is 35.1 Å². The van der Waals surface area contributed by atoms with Crippen molar-refractivity contribution < 1.29 is 37.8 Å². The number of hydrogen-bond acceptors (Lipinski definition) is 7. The van der Waals surface area contributed by atoms with Crippen molar-refractivity contribution in [1.82, 2.24) is 15.5 Å². The molecular weight excluding hydrogens is 528 g/mol. The molecule has 0 saturated carbocycles. The van der Waals surface area contributed by atoms with E-state index in [-0.39, 0.29) is 52.8 Å². The van der Waals surface area contributed by atoms with Gasteiger partial charge in [0.25, 0.3) is 11.8 Å². The number of unbranched alkanes of at least 4 members (excludes halogenated alkanes) is 2. The fourth-order valence-corrected chi connectivity index (χ4v) is 3.93. The molecular formula is C30H48N4O7. The Hall–Kier alpha value is -4.02. The number of carbonyl (C=O) groups is 6. The van der Waals surface area contributed by atoms with Crippen molar-refractivity contribution in [2.45, 2.75) is 85.4 Å². The van der Waals surface area contributed by atoms with Crippen molar-refractivity contribution >= 4 is 41.2 Å². The monoisotopic (exact) mass is 576 g/mol. The third-order valence-electron chi connectivity index (χ3n) is 6.82. The van der Waals surface area contributed by atoms with Crippen molar-refractivity contribution in [2.24, 2.45) is 11.8 Å². The molecule has 0 saturated heterocycles. The minimum atomic E-state index is -0.859. The van der Waals surface area contributed by atoms with Gasteiger partial charge in [0.2, 0.25) is 17.7 Å². The summed E-state index contributed by atoms with van der Waals surface area (Å²) in [5.41, 5.74) is 1.31. The molecule has 1 aromatic carbocycles. The van der Waals surface area contributed by atoms with Gasteiger partial charge >= 0.3 is 5.97 Å². The number of nitrogens with one attached hydrogen (secondary N) is 3. The van der Waals surface area contributed by atoms with Crippen LogP contribution in [0.1, 0.15) is 76.6 Å². The molecule has 2 rings (SSSR count). The number of nitrogens with zero attached hydrogens (tertiary/aromatic N) is 1. The lowest BCUT2D eigenvalue weighted by atomic mass is 10.0. The summed E-state index contributed by atoms with van der Waals surface area (Å²) < 4.78 is 5.28. The topological polar surface area (TPSA) is 151 Å². The normalized spacial score (nSPS) is 14.9. The smallest absolute Gasteiger partial charge is 0.308 e. The van der Waals surface area contributed by atoms with Gasteiger partial charge in [-0.25, -0.2) is 0 Å². The number of ether oxygens (including phenoxy) is 1. The highest BCUT2D eigenvalue weighted by molar-refractivity contribution is 6.12. The van der Waals surface area contributed by atoms with E-state index in [4.69, 9.17) is 4.74 Å². The third kappa shape index (κ3) is 10.8. The maximum Gasteiger partial charge on any atom is 0.308 e. The van der Waals surface area contributed by atoms with Gasteiger partial charge in [-0.2, -0.15) is 0 Å². The molecule has 0 radical (unpaired) electrons. The number of anilines is 1. The van der Waals surface area contributed by atoms with Crippen LogP contribution in [-0.4, -0.2) is 59.0 Å². The van der Waals surface area contributed by atoms with E-state index >= 15 is 0 Å². The molecule has 1 aromatic rings. The fourth-order valence-electron chi connectivity index (χ4n) is 3.93. The first kappa shape index (κ1) is 33.2. The zero-order valence-corrected chi connectivity index (χ0v) is 24.5. The van der Waals surface area contributed by atoms with E-state index in [0.717, 1.165) is 5.56 Å². The summed E-state index contributed by atoms with van der Waals surface area (Å²) in [4.78, 5) is 74.2. The second-order valence-electron chi connectivity index (χ2n) is 10.6. The van der Waals surface area contributed by atoms with Crippen LogP contribution in [0.2, 0.25) is 0 Å². The van der Waals surface area contributed by atoms with E-state index in [1.807, 2.05) is 13.8 Å². The third-order valence-corrected chi connectivity index (χ3v) is 6.82. The SMILES string of the molecule is CCC(C)C(=O)OCc1ccc(NC(=O)[C@@H](C)NC(=O)[C@H](NC(=O)CCCCCN2C(=O)C=CC2=O)C(C)C)cc1.[HH].[HH].[HH]. The fraction of sp³-hybridized carbons (Fsp3) is 0.533. The molecule has 230 valence electrons. The Morgan fingerprint density at radius 3 is 2.10 bits per heavy atom. The summed E-state index contributed by atoms with van der Waals surface area (Å²) in [7, 11) is 0. The molecule has 0 aliphatic carbocycles. The van der Waals surface area contributed by atoms with Gasteiger partial charge < -0.3 is 20.7 Å². The number of rotatable bonds is 16. The first-order valence-corrected chi connectivity index (χ1v) is 14.1. The lowest BCUT2D eigenvalue weighted by Crippen LogP contribution is -2.53. The van der Waals surface area contributed by atoms with E-state index in [9.17, 15) is 28.8 Å². The zero-order valence-electron chi connectivity index (χ0n) is 24.5. The Morgan fingerprint density at radius 2 is 1.51 bits per heavy atom. The average Bonchev–Trinajstić information content (AvgIpc) is 3.26. The van der Waals surface area contributed by atoms with Crippen LogP contribution >= 0.6 is 0 Å². The molecule has 5 amide bonds. The van der Waals surface area contributed by atoms with Crippen molar-refractivity contribution in [3.8, 4) is 0 Å². The van der Waals surface area contributed by atoms with E-state index in [1.165, 1.54) is 17.1 Å². The average molecular weight is 577 g/mol. The predicted molar refractivity (Wildman–Crippen MR) is 159 cm³/mol. The molecule has 3 N–H and O–H groups in total. The molecule has 3 atom stereocenters. The maximum atomic E-state index is 12.9. The Bertz CT molecular complexity index is 1130. The van der Waals surface area contributed by atoms with Crippen LogP contribution < -0.4 is 16.0 Å². The Labute approximate surface area is 245 Å². The maximum absolute atomic E-state index is 12.9. The molecule has 0 spiro atoms. The van der Waals surface area contributed by atoms with Crippen LogP contribution in [0.5, 0.6) is 0 Å². The summed E-state index contributed by atoms with van der Waals surface area (Å²) in [5, 5.41) is 8.15. The van der Waals surface area contributed by atoms with E-state index in [2.05, 4.69) is 16.0 Å². The largest absolute Gasteiger partial charge is 0.461 e. The highest BCUT2D eigenvalue weighted by Crippen LogP contribution is 2.13. The molecule has 1 heterocycles. The Balaban J connectivity index is 0. The van der Waals surface area contributed by atoms with Gasteiger partial charge in [0.05, 0.1) is 5.92 Å². The standard InChI is InChI=1S/C30H42N4O7.3H2/c1-6-20(4)30(40)41-18-22-11-13-23(14-12-22)32-28(38)21(5)31-29(39)27(19(2)3)33-24(35)10-8-7-9-17-34-25(36)15-16-26(34)37;;;/h11-16,19-21,27H,6-10,17-18H2,1-5H3,(H,31,39)(H,32,38)(H,33,35);3*1H/t20?,21-,27-;;;/m1.../s1. The van der Waals surface area contributed by atoms with Crippen LogP contribution in [0.25, 0.3) is 0 Å². The number of amides is 5. The van der Waals surface area contributed by atoms with Gasteiger partial charge in [0.15, 0.2) is 0 Å². The molecule has 1 aliphatic heterocycles. The van der Waals surface area contributed by atoms with Crippen LogP contribution in [-0.2, 0) is 40.1 Å². The van der Waals surface area contributed by atoms with Crippen molar-refractivity contribution in [2.75, 3.05) is 11.9 Å². The van der Waals surface area contributed by atoms with Crippen molar-refractivity contribution in [3.63, 3.8) is 0 Å². The Kier molecular flexibility index (Phi) is 13.2. The highest BCUT2D eigenvalue weighted by atomic mass is 16.5. The Morgan fingerprint density at radius 1 is 0.878 bits per heavy atom. The van der Waals surface area contributed by atoms with Gasteiger partial charge in [-0.1, -0.05) is 46.2 Å². The van der Waals surface area contributed by atoms with Gasteiger partial charge in [-0.05, 0) is 49.8 Å². The minimum absolute atomic E-state index is 0. The molecule has 0 bridgehead atoms. The van der Waals surface area contributed by atoms with Crippen molar-refractivity contribution in [1.29, 1.82) is 0 Å². The molecule has 11 nitrogen and oxygen atoms in total. The van der Waals surface area contributed by atoms with Crippen LogP contribution in [0.3, 0.4) is 0 Å². The van der Waals surface area contributed by atoms with Crippen LogP contribution in [0.4, 0.5) is 5.69 Å². The first-order valence-electron chi connectivity index (χ1n) is 14.1. The number of imide groups is 1. The predicted octanol–water partition coefficient (Wildman–Crippen LogP) is 3.58. The van der Waals surface area contributed by atoms with E-state index in [1.54, 1.807) is 45.0 Å². The van der Waals surface area contributed by atoms with Crippen LogP contribution in [0.15, 0.2) is 36.4 Å². The highest BCUT2D eigenvalue weighted by Gasteiger charge is 2.27. The van der Waals surface area contributed by atoms with Gasteiger partial charge in [-0.3, -0.25) is 33.7 Å². The zero-order chi connectivity index (χ0) is 30.5. The van der Waals surface area contributed by atoms with Gasteiger partial charge in [0.1, 0.15) is 18.7 Å². The van der Waals surface area contributed by atoms with E-state index < -0.39 is 23.9 Å². The summed E-state index contributed by atoms with van der Waals surface area (Å²) in [6.07, 6.45) is 5.15. The molecule has 0 fully saturated rings. The molecule has 1 aliphatic rings. The second-order valence-corrected chi connectivity index (χ2v) is 10.6. The number of hydrogen-bond donors (Lipinski definition) is 3. The first-order chi connectivity index (χ1) is 19.4.